The Morgan fingerprint density at radius 1 is 0.963 bits per heavy atom. The van der Waals surface area contributed by atoms with E-state index < -0.39 is 0 Å². The molecule has 0 saturated carbocycles. The lowest BCUT2D eigenvalue weighted by molar-refractivity contribution is 0.129. The summed E-state index contributed by atoms with van der Waals surface area (Å²) in [6, 6.07) is 13.6. The lowest BCUT2D eigenvalue weighted by Crippen LogP contribution is -2.31. The molecule has 0 aliphatic rings. The van der Waals surface area contributed by atoms with Crippen LogP contribution in [0.25, 0.3) is 0 Å². The Morgan fingerprint density at radius 2 is 1.67 bits per heavy atom. The average Bonchev–Trinajstić information content (AvgIpc) is 2.64. The third-order valence-corrected chi connectivity index (χ3v) is 3.70. The van der Waals surface area contributed by atoms with Gasteiger partial charge in [0.05, 0.1) is 14.2 Å². The fourth-order valence-electron chi connectivity index (χ4n) is 2.49. The minimum atomic E-state index is -0.254. The lowest BCUT2D eigenvalue weighted by Gasteiger charge is -2.23. The summed E-state index contributed by atoms with van der Waals surface area (Å²) in [6.45, 7) is 6.69. The van der Waals surface area contributed by atoms with E-state index in [9.17, 15) is 0 Å². The van der Waals surface area contributed by atoms with E-state index in [0.717, 1.165) is 17.0 Å². The maximum atomic E-state index is 6.04. The van der Waals surface area contributed by atoms with Gasteiger partial charge in [0.25, 0.3) is 0 Å². The largest absolute Gasteiger partial charge is 0.493 e. The van der Waals surface area contributed by atoms with Gasteiger partial charge in [-0.25, -0.2) is 0 Å². The highest BCUT2D eigenvalue weighted by Crippen LogP contribution is 2.29. The predicted octanol–water partition coefficient (Wildman–Crippen LogP) is 4.07. The van der Waals surface area contributed by atoms with Crippen molar-refractivity contribution in [2.75, 3.05) is 26.6 Å². The van der Waals surface area contributed by atoms with Crippen LogP contribution in [0.1, 0.15) is 26.3 Å². The Kier molecular flexibility index (Phi) is 6.93. The summed E-state index contributed by atoms with van der Waals surface area (Å²) < 4.78 is 16.7. The molecule has 0 unspecified atom stereocenters. The first-order chi connectivity index (χ1) is 12.9. The van der Waals surface area contributed by atoms with Gasteiger partial charge in [0.2, 0.25) is 0 Å². The van der Waals surface area contributed by atoms with Crippen LogP contribution in [-0.2, 0) is 6.54 Å². The summed E-state index contributed by atoms with van der Waals surface area (Å²) in [7, 11) is 4.96. The van der Waals surface area contributed by atoms with Crippen molar-refractivity contribution in [2.24, 2.45) is 4.99 Å². The molecular weight excluding hydrogens is 342 g/mol. The molecular formula is C21H29N3O3. The van der Waals surface area contributed by atoms with Crippen molar-refractivity contribution < 1.29 is 14.2 Å². The van der Waals surface area contributed by atoms with Crippen molar-refractivity contribution in [2.45, 2.75) is 32.9 Å². The van der Waals surface area contributed by atoms with Gasteiger partial charge in [0.15, 0.2) is 17.5 Å². The molecule has 0 amide bonds. The molecule has 2 aromatic carbocycles. The molecule has 0 saturated heterocycles. The molecule has 146 valence electrons. The minimum absolute atomic E-state index is 0.254. The molecule has 0 radical (unpaired) electrons. The first-order valence-electron chi connectivity index (χ1n) is 8.83. The van der Waals surface area contributed by atoms with Gasteiger partial charge in [-0.2, -0.15) is 0 Å². The lowest BCUT2D eigenvalue weighted by atomic mass is 10.1. The maximum absolute atomic E-state index is 6.04. The molecule has 6 heteroatoms. The number of anilines is 1. The number of aliphatic imine (C=N–C) groups is 1. The van der Waals surface area contributed by atoms with Gasteiger partial charge >= 0.3 is 0 Å². The van der Waals surface area contributed by atoms with Crippen LogP contribution in [0.15, 0.2) is 47.5 Å². The van der Waals surface area contributed by atoms with Crippen LogP contribution < -0.4 is 24.8 Å². The molecule has 2 N–H and O–H groups in total. The zero-order valence-corrected chi connectivity index (χ0v) is 16.9. The maximum Gasteiger partial charge on any atom is 0.195 e. The van der Waals surface area contributed by atoms with Crippen molar-refractivity contribution in [1.82, 2.24) is 5.32 Å². The second-order valence-corrected chi connectivity index (χ2v) is 6.94. The second-order valence-electron chi connectivity index (χ2n) is 6.94. The van der Waals surface area contributed by atoms with Gasteiger partial charge in [0.1, 0.15) is 11.4 Å². The predicted molar refractivity (Wildman–Crippen MR) is 110 cm³/mol. The summed E-state index contributed by atoms with van der Waals surface area (Å²) in [6.07, 6.45) is 0. The molecule has 0 bridgehead atoms. The van der Waals surface area contributed by atoms with E-state index in [2.05, 4.69) is 15.6 Å². The molecule has 27 heavy (non-hydrogen) atoms. The number of para-hydroxylation sites is 1. The monoisotopic (exact) mass is 371 g/mol. The Hall–Kier alpha value is -2.89. The number of nitrogens with zero attached hydrogens (tertiary/aromatic N) is 1. The Labute approximate surface area is 161 Å². The Balaban J connectivity index is 2.07. The average molecular weight is 371 g/mol. The number of hydrogen-bond donors (Lipinski definition) is 2. The SMILES string of the molecule is CN=C(NCc1ccccc1OC(C)(C)C)Nc1ccc(OC)c(OC)c1. The summed E-state index contributed by atoms with van der Waals surface area (Å²) in [5, 5.41) is 6.57. The number of nitrogens with one attached hydrogen (secondary N) is 2. The van der Waals surface area contributed by atoms with Crippen LogP contribution in [0.2, 0.25) is 0 Å². The highest BCUT2D eigenvalue weighted by atomic mass is 16.5. The van der Waals surface area contributed by atoms with Gasteiger partial charge in [-0.15, -0.1) is 0 Å². The van der Waals surface area contributed by atoms with E-state index in [-0.39, 0.29) is 5.60 Å². The molecule has 2 aromatic rings. The van der Waals surface area contributed by atoms with Crippen LogP contribution in [-0.4, -0.2) is 32.8 Å². The number of benzene rings is 2. The third kappa shape index (κ3) is 6.09. The van der Waals surface area contributed by atoms with E-state index in [0.29, 0.717) is 24.0 Å². The number of guanidine groups is 1. The Bertz CT molecular complexity index is 782. The van der Waals surface area contributed by atoms with Gasteiger partial charge in [-0.3, -0.25) is 4.99 Å². The van der Waals surface area contributed by atoms with Crippen LogP contribution >= 0.6 is 0 Å². The first-order valence-corrected chi connectivity index (χ1v) is 8.83. The third-order valence-electron chi connectivity index (χ3n) is 3.70. The number of methoxy groups -OCH3 is 2. The number of hydrogen-bond acceptors (Lipinski definition) is 4. The second kappa shape index (κ2) is 9.16. The van der Waals surface area contributed by atoms with Crippen LogP contribution in [0.4, 0.5) is 5.69 Å². The van der Waals surface area contributed by atoms with Crippen molar-refractivity contribution in [3.05, 3.63) is 48.0 Å². The summed E-state index contributed by atoms with van der Waals surface area (Å²) in [5.74, 6) is 2.84. The molecule has 0 aliphatic heterocycles. The minimum Gasteiger partial charge on any atom is -0.493 e. The topological polar surface area (TPSA) is 64.1 Å². The Morgan fingerprint density at radius 3 is 2.30 bits per heavy atom. The summed E-state index contributed by atoms with van der Waals surface area (Å²) >= 11 is 0. The van der Waals surface area contributed by atoms with Crippen molar-refractivity contribution in [1.29, 1.82) is 0 Å². The van der Waals surface area contributed by atoms with Gasteiger partial charge in [-0.05, 0) is 39.0 Å². The number of ether oxygens (including phenoxy) is 3. The molecule has 0 aromatic heterocycles. The van der Waals surface area contributed by atoms with Crippen LogP contribution in [0.5, 0.6) is 17.2 Å². The van der Waals surface area contributed by atoms with Gasteiger partial charge in [0, 0.05) is 30.9 Å². The highest BCUT2D eigenvalue weighted by molar-refractivity contribution is 5.93. The standard InChI is InChI=1S/C21H29N3O3/c1-21(2,3)27-17-10-8-7-9-15(17)14-23-20(22-4)24-16-11-12-18(25-5)19(13-16)26-6/h7-13H,14H2,1-6H3,(H2,22,23,24). The van der Waals surface area contributed by atoms with E-state index >= 15 is 0 Å². The van der Waals surface area contributed by atoms with Gasteiger partial charge < -0.3 is 24.8 Å². The van der Waals surface area contributed by atoms with Crippen LogP contribution in [0.3, 0.4) is 0 Å². The summed E-state index contributed by atoms with van der Waals surface area (Å²) in [5.41, 5.74) is 1.65. The molecule has 0 atom stereocenters. The summed E-state index contributed by atoms with van der Waals surface area (Å²) in [4.78, 5) is 4.28. The van der Waals surface area contributed by atoms with E-state index in [4.69, 9.17) is 14.2 Å². The normalized spacial score (nSPS) is 11.7. The van der Waals surface area contributed by atoms with Crippen molar-refractivity contribution in [3.8, 4) is 17.2 Å². The fourth-order valence-corrected chi connectivity index (χ4v) is 2.49. The van der Waals surface area contributed by atoms with Crippen molar-refractivity contribution >= 4 is 11.6 Å². The molecule has 0 fully saturated rings. The zero-order valence-electron chi connectivity index (χ0n) is 16.9. The van der Waals surface area contributed by atoms with E-state index in [1.165, 1.54) is 0 Å². The molecule has 0 aliphatic carbocycles. The van der Waals surface area contributed by atoms with Crippen LogP contribution in [0, 0.1) is 0 Å². The zero-order chi connectivity index (χ0) is 19.9. The molecule has 2 rings (SSSR count). The van der Waals surface area contributed by atoms with Crippen molar-refractivity contribution in [3.63, 3.8) is 0 Å². The van der Waals surface area contributed by atoms with Gasteiger partial charge in [-0.1, -0.05) is 18.2 Å². The molecule has 0 spiro atoms. The highest BCUT2D eigenvalue weighted by Gasteiger charge is 2.14. The quantitative estimate of drug-likeness (QED) is 0.592. The van der Waals surface area contributed by atoms with E-state index in [1.54, 1.807) is 21.3 Å². The fraction of sp³-hybridized carbons (Fsp3) is 0.381. The number of rotatable bonds is 6. The van der Waals surface area contributed by atoms with E-state index in [1.807, 2.05) is 63.2 Å². The molecule has 6 nitrogen and oxygen atoms in total. The smallest absolute Gasteiger partial charge is 0.195 e. The first kappa shape index (κ1) is 20.4. The molecule has 0 heterocycles.